The summed E-state index contributed by atoms with van der Waals surface area (Å²) in [5.74, 6) is -0.512. The standard InChI is InChI=1S/C9H7FN2OS/c1-5-2-6(4-14-5)8-7(10)3-11-9(13)12-8/h2-4H,1H3,(H,11,12,13). The van der Waals surface area contributed by atoms with Crippen molar-refractivity contribution >= 4 is 11.3 Å². The van der Waals surface area contributed by atoms with Crippen molar-refractivity contribution in [3.8, 4) is 11.3 Å². The number of aromatic amines is 1. The van der Waals surface area contributed by atoms with Gasteiger partial charge in [0.2, 0.25) is 0 Å². The van der Waals surface area contributed by atoms with E-state index in [2.05, 4.69) is 9.97 Å². The lowest BCUT2D eigenvalue weighted by molar-refractivity contribution is 0.615. The number of rotatable bonds is 1. The molecule has 1 N–H and O–H groups in total. The Labute approximate surface area is 83.3 Å². The molecule has 0 aliphatic rings. The van der Waals surface area contributed by atoms with Gasteiger partial charge in [-0.25, -0.2) is 9.18 Å². The second-order valence-corrected chi connectivity index (χ2v) is 3.97. The van der Waals surface area contributed by atoms with Crippen LogP contribution in [0.1, 0.15) is 4.88 Å². The number of aromatic nitrogens is 2. The van der Waals surface area contributed by atoms with Crippen molar-refractivity contribution in [2.24, 2.45) is 0 Å². The molecule has 72 valence electrons. The number of aryl methyl sites for hydroxylation is 1. The van der Waals surface area contributed by atoms with Crippen molar-refractivity contribution in [3.63, 3.8) is 0 Å². The second-order valence-electron chi connectivity index (χ2n) is 2.86. The molecule has 2 aromatic rings. The molecule has 0 saturated carbocycles. The van der Waals surface area contributed by atoms with E-state index >= 15 is 0 Å². The van der Waals surface area contributed by atoms with Crippen molar-refractivity contribution < 1.29 is 4.39 Å². The predicted molar refractivity (Wildman–Crippen MR) is 52.9 cm³/mol. The van der Waals surface area contributed by atoms with Gasteiger partial charge in [0.15, 0.2) is 5.82 Å². The summed E-state index contributed by atoms with van der Waals surface area (Å²) in [6.45, 7) is 1.92. The van der Waals surface area contributed by atoms with Crippen molar-refractivity contribution in [2.75, 3.05) is 0 Å². The van der Waals surface area contributed by atoms with Gasteiger partial charge in [-0.3, -0.25) is 0 Å². The van der Waals surface area contributed by atoms with E-state index in [1.807, 2.05) is 13.0 Å². The molecule has 0 bridgehead atoms. The number of H-pyrrole nitrogens is 1. The van der Waals surface area contributed by atoms with Crippen LogP contribution < -0.4 is 5.69 Å². The van der Waals surface area contributed by atoms with E-state index in [1.165, 1.54) is 11.3 Å². The largest absolute Gasteiger partial charge is 0.345 e. The minimum atomic E-state index is -0.537. The zero-order valence-corrected chi connectivity index (χ0v) is 8.19. The van der Waals surface area contributed by atoms with Crippen LogP contribution in [0.15, 0.2) is 22.4 Å². The molecule has 2 heterocycles. The Morgan fingerprint density at radius 1 is 1.57 bits per heavy atom. The summed E-state index contributed by atoms with van der Waals surface area (Å²) in [6.07, 6.45) is 0.932. The van der Waals surface area contributed by atoms with Gasteiger partial charge in [0.25, 0.3) is 0 Å². The first-order chi connectivity index (χ1) is 6.66. The summed E-state index contributed by atoms with van der Waals surface area (Å²) in [6, 6.07) is 1.82. The predicted octanol–water partition coefficient (Wildman–Crippen LogP) is 1.95. The van der Waals surface area contributed by atoms with Crippen LogP contribution in [-0.2, 0) is 0 Å². The molecule has 0 aliphatic heterocycles. The van der Waals surface area contributed by atoms with Gasteiger partial charge in [0.05, 0.1) is 11.9 Å². The topological polar surface area (TPSA) is 45.8 Å². The average Bonchev–Trinajstić information content (AvgIpc) is 2.56. The van der Waals surface area contributed by atoms with Crippen LogP contribution in [0.5, 0.6) is 0 Å². The Morgan fingerprint density at radius 3 is 3.00 bits per heavy atom. The Bertz CT molecular complexity index is 518. The van der Waals surface area contributed by atoms with E-state index in [1.54, 1.807) is 5.38 Å². The number of thiophene rings is 1. The molecule has 0 unspecified atom stereocenters. The van der Waals surface area contributed by atoms with Crippen LogP contribution in [0, 0.1) is 12.7 Å². The SMILES string of the molecule is Cc1cc(-c2[nH]c(=O)ncc2F)cs1. The molecule has 0 amide bonds. The van der Waals surface area contributed by atoms with E-state index in [4.69, 9.17) is 0 Å². The molecule has 0 saturated heterocycles. The van der Waals surface area contributed by atoms with Gasteiger partial charge in [0.1, 0.15) is 0 Å². The van der Waals surface area contributed by atoms with Gasteiger partial charge in [-0.15, -0.1) is 11.3 Å². The molecule has 0 spiro atoms. The first-order valence-corrected chi connectivity index (χ1v) is 4.85. The van der Waals surface area contributed by atoms with Gasteiger partial charge in [-0.2, -0.15) is 4.98 Å². The third kappa shape index (κ3) is 1.58. The second kappa shape index (κ2) is 3.34. The lowest BCUT2D eigenvalue weighted by Gasteiger charge is -1.97. The monoisotopic (exact) mass is 210 g/mol. The summed E-state index contributed by atoms with van der Waals surface area (Å²) in [5, 5.41) is 1.80. The number of hydrogen-bond donors (Lipinski definition) is 1. The lowest BCUT2D eigenvalue weighted by atomic mass is 10.2. The quantitative estimate of drug-likeness (QED) is 0.781. The number of nitrogens with one attached hydrogen (secondary N) is 1. The normalized spacial score (nSPS) is 10.4. The van der Waals surface area contributed by atoms with Gasteiger partial charge < -0.3 is 4.98 Å². The Hall–Kier alpha value is -1.49. The highest BCUT2D eigenvalue weighted by molar-refractivity contribution is 7.10. The Kier molecular flexibility index (Phi) is 2.17. The van der Waals surface area contributed by atoms with Crippen molar-refractivity contribution in [1.29, 1.82) is 0 Å². The van der Waals surface area contributed by atoms with E-state index in [0.29, 0.717) is 5.56 Å². The van der Waals surface area contributed by atoms with E-state index in [9.17, 15) is 9.18 Å². The first kappa shape index (κ1) is 9.08. The maximum Gasteiger partial charge on any atom is 0.345 e. The lowest BCUT2D eigenvalue weighted by Crippen LogP contribution is -2.11. The van der Waals surface area contributed by atoms with Gasteiger partial charge >= 0.3 is 5.69 Å². The molecule has 3 nitrogen and oxygen atoms in total. The molecule has 0 atom stereocenters. The average molecular weight is 210 g/mol. The fourth-order valence-electron chi connectivity index (χ4n) is 1.16. The molecule has 0 radical (unpaired) electrons. The number of hydrogen-bond acceptors (Lipinski definition) is 3. The third-order valence-corrected chi connectivity index (χ3v) is 2.65. The summed E-state index contributed by atoms with van der Waals surface area (Å²) in [7, 11) is 0. The van der Waals surface area contributed by atoms with Crippen LogP contribution >= 0.6 is 11.3 Å². The van der Waals surface area contributed by atoms with Crippen molar-refractivity contribution in [3.05, 3.63) is 38.8 Å². The molecule has 2 rings (SSSR count). The minimum absolute atomic E-state index is 0.203. The molecule has 0 aromatic carbocycles. The van der Waals surface area contributed by atoms with Crippen LogP contribution in [0.4, 0.5) is 4.39 Å². The molecular formula is C9H7FN2OS. The van der Waals surface area contributed by atoms with Crippen LogP contribution in [-0.4, -0.2) is 9.97 Å². The van der Waals surface area contributed by atoms with Crippen LogP contribution in [0.25, 0.3) is 11.3 Å². The molecule has 5 heteroatoms. The highest BCUT2D eigenvalue weighted by atomic mass is 32.1. The van der Waals surface area contributed by atoms with Crippen molar-refractivity contribution in [1.82, 2.24) is 9.97 Å². The maximum atomic E-state index is 13.2. The smallest absolute Gasteiger partial charge is 0.303 e. The van der Waals surface area contributed by atoms with Gasteiger partial charge in [-0.05, 0) is 13.0 Å². The zero-order valence-electron chi connectivity index (χ0n) is 7.37. The Morgan fingerprint density at radius 2 is 2.36 bits per heavy atom. The summed E-state index contributed by atoms with van der Waals surface area (Å²) in [5.41, 5.74) is 0.351. The minimum Gasteiger partial charge on any atom is -0.303 e. The third-order valence-electron chi connectivity index (χ3n) is 1.79. The van der Waals surface area contributed by atoms with Crippen molar-refractivity contribution in [2.45, 2.75) is 6.92 Å². The van der Waals surface area contributed by atoms with E-state index in [-0.39, 0.29) is 5.69 Å². The molecular weight excluding hydrogens is 203 g/mol. The Balaban J connectivity index is 2.61. The van der Waals surface area contributed by atoms with E-state index in [0.717, 1.165) is 11.1 Å². The van der Waals surface area contributed by atoms with Crippen LogP contribution in [0.3, 0.4) is 0 Å². The number of halogens is 1. The molecule has 0 aliphatic carbocycles. The molecule has 2 aromatic heterocycles. The summed E-state index contributed by atoms with van der Waals surface area (Å²) >= 11 is 1.50. The highest BCUT2D eigenvalue weighted by Crippen LogP contribution is 2.24. The van der Waals surface area contributed by atoms with E-state index < -0.39 is 11.5 Å². The van der Waals surface area contributed by atoms with Gasteiger partial charge in [0, 0.05) is 15.8 Å². The van der Waals surface area contributed by atoms with Crippen LogP contribution in [0.2, 0.25) is 0 Å². The zero-order chi connectivity index (χ0) is 10.1. The number of nitrogens with zero attached hydrogens (tertiary/aromatic N) is 1. The highest BCUT2D eigenvalue weighted by Gasteiger charge is 2.07. The summed E-state index contributed by atoms with van der Waals surface area (Å²) in [4.78, 5) is 17.6. The summed E-state index contributed by atoms with van der Waals surface area (Å²) < 4.78 is 13.2. The molecule has 14 heavy (non-hydrogen) atoms. The maximum absolute atomic E-state index is 13.2. The van der Waals surface area contributed by atoms with Gasteiger partial charge in [-0.1, -0.05) is 0 Å². The fraction of sp³-hybridized carbons (Fsp3) is 0.111. The first-order valence-electron chi connectivity index (χ1n) is 3.97. The molecule has 0 fully saturated rings. The fourth-order valence-corrected chi connectivity index (χ4v) is 1.86.